The summed E-state index contributed by atoms with van der Waals surface area (Å²) in [6, 6.07) is 12.9. The average molecular weight is 315 g/mol. The molecule has 0 bridgehead atoms. The number of carbonyl (C=O) groups is 1. The fourth-order valence-corrected chi connectivity index (χ4v) is 2.24. The van der Waals surface area contributed by atoms with Crippen LogP contribution in [0, 0.1) is 0 Å². The highest BCUT2D eigenvalue weighted by Crippen LogP contribution is 2.27. The molecule has 2 aromatic rings. The van der Waals surface area contributed by atoms with Gasteiger partial charge in [-0.25, -0.2) is 0 Å². The first-order chi connectivity index (χ1) is 11.2. The average Bonchev–Trinajstić information content (AvgIpc) is 2.59. The second-order valence-electron chi connectivity index (χ2n) is 5.01. The smallest absolute Gasteiger partial charge is 0.251 e. The molecule has 0 saturated heterocycles. The predicted molar refractivity (Wildman–Crippen MR) is 87.9 cm³/mol. The van der Waals surface area contributed by atoms with Crippen molar-refractivity contribution < 1.29 is 19.0 Å². The van der Waals surface area contributed by atoms with E-state index in [0.717, 1.165) is 11.1 Å². The van der Waals surface area contributed by atoms with Crippen LogP contribution < -0.4 is 14.8 Å². The number of ether oxygens (including phenoxy) is 3. The monoisotopic (exact) mass is 315 g/mol. The van der Waals surface area contributed by atoms with Gasteiger partial charge >= 0.3 is 0 Å². The first-order valence-electron chi connectivity index (χ1n) is 7.25. The van der Waals surface area contributed by atoms with Gasteiger partial charge in [0.2, 0.25) is 0 Å². The van der Waals surface area contributed by atoms with Crippen LogP contribution in [0.1, 0.15) is 21.5 Å². The Balaban J connectivity index is 2.03. The maximum atomic E-state index is 12.2. The van der Waals surface area contributed by atoms with E-state index in [4.69, 9.17) is 14.2 Å². The van der Waals surface area contributed by atoms with Gasteiger partial charge < -0.3 is 19.5 Å². The van der Waals surface area contributed by atoms with E-state index in [1.165, 1.54) is 0 Å². The first kappa shape index (κ1) is 16.8. The van der Waals surface area contributed by atoms with E-state index >= 15 is 0 Å². The van der Waals surface area contributed by atoms with Gasteiger partial charge in [0, 0.05) is 19.2 Å². The minimum absolute atomic E-state index is 0.127. The highest BCUT2D eigenvalue weighted by molar-refractivity contribution is 5.94. The number of nitrogens with one attached hydrogen (secondary N) is 1. The zero-order valence-corrected chi connectivity index (χ0v) is 13.6. The lowest BCUT2D eigenvalue weighted by molar-refractivity contribution is 0.0950. The summed E-state index contributed by atoms with van der Waals surface area (Å²) in [5, 5.41) is 2.90. The molecule has 2 rings (SSSR count). The van der Waals surface area contributed by atoms with Crippen molar-refractivity contribution in [3.05, 3.63) is 59.2 Å². The van der Waals surface area contributed by atoms with Gasteiger partial charge in [0.15, 0.2) is 11.5 Å². The molecular formula is C18H21NO4. The van der Waals surface area contributed by atoms with Gasteiger partial charge in [-0.2, -0.15) is 0 Å². The summed E-state index contributed by atoms with van der Waals surface area (Å²) < 4.78 is 15.5. The molecule has 0 saturated carbocycles. The third kappa shape index (κ3) is 4.47. The first-order valence-corrected chi connectivity index (χ1v) is 7.25. The van der Waals surface area contributed by atoms with Crippen LogP contribution in [0.5, 0.6) is 11.5 Å². The van der Waals surface area contributed by atoms with Crippen molar-refractivity contribution in [2.45, 2.75) is 13.2 Å². The second kappa shape index (κ2) is 8.19. The molecule has 122 valence electrons. The highest BCUT2D eigenvalue weighted by atomic mass is 16.5. The molecule has 0 heterocycles. The Kier molecular flexibility index (Phi) is 6.00. The van der Waals surface area contributed by atoms with Gasteiger partial charge in [-0.15, -0.1) is 0 Å². The summed E-state index contributed by atoms with van der Waals surface area (Å²) in [4.78, 5) is 12.2. The SMILES string of the molecule is COCc1cccc(C(=O)NCc2ccc(OC)c(OC)c2)c1. The maximum Gasteiger partial charge on any atom is 0.251 e. The van der Waals surface area contributed by atoms with Crippen LogP contribution in [-0.4, -0.2) is 27.2 Å². The van der Waals surface area contributed by atoms with Gasteiger partial charge in [0.1, 0.15) is 0 Å². The Bertz CT molecular complexity index is 670. The largest absolute Gasteiger partial charge is 0.493 e. The lowest BCUT2D eigenvalue weighted by atomic mass is 10.1. The molecule has 0 radical (unpaired) electrons. The predicted octanol–water partition coefficient (Wildman–Crippen LogP) is 2.78. The third-order valence-electron chi connectivity index (χ3n) is 3.40. The molecule has 0 aliphatic carbocycles. The lowest BCUT2D eigenvalue weighted by Crippen LogP contribution is -2.22. The molecule has 23 heavy (non-hydrogen) atoms. The Morgan fingerprint density at radius 1 is 0.957 bits per heavy atom. The van der Waals surface area contributed by atoms with Crippen LogP contribution in [0.3, 0.4) is 0 Å². The highest BCUT2D eigenvalue weighted by Gasteiger charge is 2.08. The summed E-state index contributed by atoms with van der Waals surface area (Å²) in [7, 11) is 4.80. The molecule has 0 atom stereocenters. The minimum atomic E-state index is -0.127. The molecule has 5 nitrogen and oxygen atoms in total. The van der Waals surface area contributed by atoms with E-state index in [0.29, 0.717) is 30.2 Å². The van der Waals surface area contributed by atoms with E-state index in [9.17, 15) is 4.79 Å². The fraction of sp³-hybridized carbons (Fsp3) is 0.278. The zero-order chi connectivity index (χ0) is 16.7. The summed E-state index contributed by atoms with van der Waals surface area (Å²) in [5.41, 5.74) is 2.51. The van der Waals surface area contributed by atoms with E-state index in [1.807, 2.05) is 36.4 Å². The van der Waals surface area contributed by atoms with Crippen LogP contribution in [-0.2, 0) is 17.9 Å². The number of hydrogen-bond donors (Lipinski definition) is 1. The Hall–Kier alpha value is -2.53. The molecule has 0 fully saturated rings. The quantitative estimate of drug-likeness (QED) is 0.853. The van der Waals surface area contributed by atoms with Crippen molar-refractivity contribution in [3.63, 3.8) is 0 Å². The lowest BCUT2D eigenvalue weighted by Gasteiger charge is -2.11. The zero-order valence-electron chi connectivity index (χ0n) is 13.6. The van der Waals surface area contributed by atoms with E-state index in [-0.39, 0.29) is 5.91 Å². The van der Waals surface area contributed by atoms with Crippen LogP contribution in [0.25, 0.3) is 0 Å². The van der Waals surface area contributed by atoms with Crippen LogP contribution in [0.4, 0.5) is 0 Å². The summed E-state index contributed by atoms with van der Waals surface area (Å²) in [6.07, 6.45) is 0. The molecule has 5 heteroatoms. The van der Waals surface area contributed by atoms with Crippen LogP contribution in [0.2, 0.25) is 0 Å². The van der Waals surface area contributed by atoms with E-state index < -0.39 is 0 Å². The van der Waals surface area contributed by atoms with Gasteiger partial charge in [-0.05, 0) is 35.4 Å². The Labute approximate surface area is 136 Å². The molecule has 2 aromatic carbocycles. The van der Waals surface area contributed by atoms with Crippen molar-refractivity contribution in [2.75, 3.05) is 21.3 Å². The number of hydrogen-bond acceptors (Lipinski definition) is 4. The number of benzene rings is 2. The van der Waals surface area contributed by atoms with Crippen LogP contribution >= 0.6 is 0 Å². The van der Waals surface area contributed by atoms with E-state index in [1.54, 1.807) is 27.4 Å². The molecule has 1 N–H and O–H groups in total. The summed E-state index contributed by atoms with van der Waals surface area (Å²) >= 11 is 0. The van der Waals surface area contributed by atoms with Crippen molar-refractivity contribution in [1.29, 1.82) is 0 Å². The minimum Gasteiger partial charge on any atom is -0.493 e. The van der Waals surface area contributed by atoms with Crippen molar-refractivity contribution in [3.8, 4) is 11.5 Å². The number of amides is 1. The van der Waals surface area contributed by atoms with Gasteiger partial charge in [0.05, 0.1) is 20.8 Å². The molecule has 0 aromatic heterocycles. The molecule has 0 spiro atoms. The molecule has 0 aliphatic rings. The standard InChI is InChI=1S/C18H21NO4/c1-21-12-14-5-4-6-15(9-14)18(20)19-11-13-7-8-16(22-2)17(10-13)23-3/h4-10H,11-12H2,1-3H3,(H,19,20). The molecular weight excluding hydrogens is 294 g/mol. The second-order valence-corrected chi connectivity index (χ2v) is 5.01. The Morgan fingerprint density at radius 3 is 2.43 bits per heavy atom. The van der Waals surface area contributed by atoms with Gasteiger partial charge in [0.25, 0.3) is 5.91 Å². The molecule has 1 amide bonds. The van der Waals surface area contributed by atoms with Crippen molar-refractivity contribution >= 4 is 5.91 Å². The molecule has 0 unspecified atom stereocenters. The number of methoxy groups -OCH3 is 3. The van der Waals surface area contributed by atoms with Crippen molar-refractivity contribution in [2.24, 2.45) is 0 Å². The van der Waals surface area contributed by atoms with Gasteiger partial charge in [-0.1, -0.05) is 18.2 Å². The van der Waals surface area contributed by atoms with Crippen molar-refractivity contribution in [1.82, 2.24) is 5.32 Å². The maximum absolute atomic E-state index is 12.2. The fourth-order valence-electron chi connectivity index (χ4n) is 2.24. The molecule has 0 aliphatic heterocycles. The Morgan fingerprint density at radius 2 is 1.74 bits per heavy atom. The normalized spacial score (nSPS) is 10.2. The number of carbonyl (C=O) groups excluding carboxylic acids is 1. The van der Waals surface area contributed by atoms with Gasteiger partial charge in [-0.3, -0.25) is 4.79 Å². The summed E-state index contributed by atoms with van der Waals surface area (Å²) in [5.74, 6) is 1.17. The van der Waals surface area contributed by atoms with Crippen LogP contribution in [0.15, 0.2) is 42.5 Å². The number of rotatable bonds is 7. The van der Waals surface area contributed by atoms with E-state index in [2.05, 4.69) is 5.32 Å². The topological polar surface area (TPSA) is 56.8 Å². The summed E-state index contributed by atoms with van der Waals surface area (Å²) in [6.45, 7) is 0.893. The third-order valence-corrected chi connectivity index (χ3v) is 3.40.